The highest BCUT2D eigenvalue weighted by atomic mass is 19.1. The van der Waals surface area contributed by atoms with Crippen molar-refractivity contribution in [2.45, 2.75) is 18.6 Å². The Labute approximate surface area is 148 Å². The molecule has 1 aliphatic heterocycles. The second-order valence-corrected chi connectivity index (χ2v) is 6.10. The van der Waals surface area contributed by atoms with Crippen molar-refractivity contribution in [3.05, 3.63) is 48.7 Å². The average Bonchev–Trinajstić information content (AvgIpc) is 3.40. The third-order valence-corrected chi connectivity index (χ3v) is 4.41. The summed E-state index contributed by atoms with van der Waals surface area (Å²) in [6.45, 7) is 0.539. The second-order valence-electron chi connectivity index (χ2n) is 6.10. The summed E-state index contributed by atoms with van der Waals surface area (Å²) in [4.78, 5) is 14.4. The van der Waals surface area contributed by atoms with E-state index in [1.807, 2.05) is 4.90 Å². The number of alkyl halides is 1. The van der Waals surface area contributed by atoms with Gasteiger partial charge in [0.2, 0.25) is 0 Å². The first kappa shape index (κ1) is 16.2. The third kappa shape index (κ3) is 3.15. The Hall–Kier alpha value is -3.23. The molecular weight excluding hydrogens is 339 g/mol. The van der Waals surface area contributed by atoms with Crippen molar-refractivity contribution in [1.29, 1.82) is 0 Å². The summed E-state index contributed by atoms with van der Waals surface area (Å²) in [5.41, 5.74) is 1.72. The lowest BCUT2D eigenvalue weighted by Crippen LogP contribution is -2.40. The van der Waals surface area contributed by atoms with Crippen LogP contribution in [0.1, 0.15) is 16.8 Å². The Balaban J connectivity index is 1.45. The van der Waals surface area contributed by atoms with Gasteiger partial charge in [-0.2, -0.15) is 10.2 Å². The maximum atomic E-state index is 13.9. The first-order chi connectivity index (χ1) is 12.7. The Morgan fingerprint density at radius 2 is 2.38 bits per heavy atom. The third-order valence-electron chi connectivity index (χ3n) is 4.41. The second kappa shape index (κ2) is 6.95. The Morgan fingerprint density at radius 1 is 1.46 bits per heavy atom. The van der Waals surface area contributed by atoms with Crippen molar-refractivity contribution < 1.29 is 13.6 Å². The minimum Gasteiger partial charge on any atom is -0.472 e. The van der Waals surface area contributed by atoms with Crippen LogP contribution in [-0.4, -0.2) is 51.6 Å². The molecule has 4 heterocycles. The number of amides is 1. The first-order valence-electron chi connectivity index (χ1n) is 8.25. The maximum Gasteiger partial charge on any atom is 0.255 e. The molecule has 0 aromatic carbocycles. The highest BCUT2D eigenvalue weighted by Crippen LogP contribution is 2.25. The monoisotopic (exact) mass is 356 g/mol. The molecule has 2 atom stereocenters. The number of halogens is 1. The Morgan fingerprint density at radius 3 is 3.15 bits per heavy atom. The topological polar surface area (TPSA) is 99.9 Å². The van der Waals surface area contributed by atoms with E-state index in [-0.39, 0.29) is 18.5 Å². The lowest BCUT2D eigenvalue weighted by atomic mass is 10.1. The number of carbonyl (C=O) groups excluding carboxylic acids is 1. The molecule has 3 aromatic rings. The number of rotatable bonds is 5. The van der Waals surface area contributed by atoms with Gasteiger partial charge in [0.25, 0.3) is 5.91 Å². The maximum absolute atomic E-state index is 13.9. The summed E-state index contributed by atoms with van der Waals surface area (Å²) in [6, 6.07) is 5.10. The van der Waals surface area contributed by atoms with Crippen molar-refractivity contribution in [1.82, 2.24) is 25.7 Å². The number of H-pyrrole nitrogens is 1. The molecule has 3 aromatic heterocycles. The molecule has 2 N–H and O–H groups in total. The van der Waals surface area contributed by atoms with Crippen LogP contribution in [0.3, 0.4) is 0 Å². The molecule has 0 bridgehead atoms. The van der Waals surface area contributed by atoms with Crippen LogP contribution < -0.4 is 10.2 Å². The number of hydrogen-bond acceptors (Lipinski definition) is 6. The van der Waals surface area contributed by atoms with Gasteiger partial charge in [0.15, 0.2) is 5.82 Å². The summed E-state index contributed by atoms with van der Waals surface area (Å²) < 4.78 is 19.0. The van der Waals surface area contributed by atoms with Gasteiger partial charge >= 0.3 is 0 Å². The van der Waals surface area contributed by atoms with Gasteiger partial charge in [-0.05, 0) is 18.2 Å². The Bertz CT molecular complexity index is 867. The summed E-state index contributed by atoms with van der Waals surface area (Å²) in [5, 5.41) is 17.5. The van der Waals surface area contributed by atoms with E-state index in [0.29, 0.717) is 30.0 Å². The summed E-state index contributed by atoms with van der Waals surface area (Å²) in [5.74, 6) is 0.325. The molecule has 4 rings (SSSR count). The minimum atomic E-state index is -0.964. The lowest BCUT2D eigenvalue weighted by Gasteiger charge is -2.24. The van der Waals surface area contributed by atoms with Crippen molar-refractivity contribution in [2.24, 2.45) is 0 Å². The van der Waals surface area contributed by atoms with Crippen LogP contribution in [0.25, 0.3) is 11.3 Å². The number of aromatic amines is 1. The van der Waals surface area contributed by atoms with E-state index in [4.69, 9.17) is 4.42 Å². The van der Waals surface area contributed by atoms with Crippen LogP contribution in [0.2, 0.25) is 0 Å². The van der Waals surface area contributed by atoms with Crippen LogP contribution >= 0.6 is 0 Å². The SMILES string of the molecule is O=C(NC[C@@H]1C[C@H](F)CN1c1cccnn1)c1cn[nH]c1-c1ccoc1. The predicted octanol–water partition coefficient (Wildman–Crippen LogP) is 1.81. The zero-order chi connectivity index (χ0) is 17.9. The zero-order valence-electron chi connectivity index (χ0n) is 13.8. The fourth-order valence-electron chi connectivity index (χ4n) is 3.17. The first-order valence-corrected chi connectivity index (χ1v) is 8.25. The molecule has 0 radical (unpaired) electrons. The van der Waals surface area contributed by atoms with Crippen LogP contribution in [0, 0.1) is 0 Å². The Kier molecular flexibility index (Phi) is 4.34. The molecule has 0 saturated carbocycles. The largest absolute Gasteiger partial charge is 0.472 e. The predicted molar refractivity (Wildman–Crippen MR) is 91.3 cm³/mol. The van der Waals surface area contributed by atoms with Gasteiger partial charge in [0.1, 0.15) is 6.17 Å². The molecule has 1 saturated heterocycles. The summed E-state index contributed by atoms with van der Waals surface area (Å²) in [7, 11) is 0. The van der Waals surface area contributed by atoms with Gasteiger partial charge < -0.3 is 14.6 Å². The molecule has 1 aliphatic rings. The molecule has 134 valence electrons. The summed E-state index contributed by atoms with van der Waals surface area (Å²) in [6.07, 6.45) is 5.46. The molecule has 1 fully saturated rings. The van der Waals surface area contributed by atoms with Crippen molar-refractivity contribution in [3.8, 4) is 11.3 Å². The van der Waals surface area contributed by atoms with Gasteiger partial charge in [-0.3, -0.25) is 9.89 Å². The van der Waals surface area contributed by atoms with Crippen molar-refractivity contribution in [2.75, 3.05) is 18.0 Å². The molecular formula is C17H17FN6O2. The number of nitrogens with zero attached hydrogens (tertiary/aromatic N) is 4. The molecule has 0 unspecified atom stereocenters. The molecule has 0 spiro atoms. The lowest BCUT2D eigenvalue weighted by molar-refractivity contribution is 0.0951. The standard InChI is InChI=1S/C17H17FN6O2/c18-12-6-13(24(9-12)15-2-1-4-20-22-15)7-19-17(25)14-8-21-23-16(14)11-3-5-26-10-11/h1-5,8,10,12-13H,6-7,9H2,(H,19,25)(H,21,23)/t12-,13-/m0/s1. The smallest absolute Gasteiger partial charge is 0.255 e. The molecule has 8 nitrogen and oxygen atoms in total. The van der Waals surface area contributed by atoms with E-state index in [0.717, 1.165) is 5.56 Å². The molecule has 1 amide bonds. The van der Waals surface area contributed by atoms with Crippen molar-refractivity contribution in [3.63, 3.8) is 0 Å². The normalized spacial score (nSPS) is 19.7. The molecule has 0 aliphatic carbocycles. The quantitative estimate of drug-likeness (QED) is 0.723. The fourth-order valence-corrected chi connectivity index (χ4v) is 3.17. The molecule has 26 heavy (non-hydrogen) atoms. The van der Waals surface area contributed by atoms with E-state index in [2.05, 4.69) is 25.7 Å². The van der Waals surface area contributed by atoms with E-state index in [9.17, 15) is 9.18 Å². The van der Waals surface area contributed by atoms with Gasteiger partial charge in [-0.15, -0.1) is 5.10 Å². The number of carbonyl (C=O) groups is 1. The number of nitrogens with one attached hydrogen (secondary N) is 2. The van der Waals surface area contributed by atoms with Crippen LogP contribution in [0.5, 0.6) is 0 Å². The van der Waals surface area contributed by atoms with E-state index >= 15 is 0 Å². The highest BCUT2D eigenvalue weighted by Gasteiger charge is 2.33. The van der Waals surface area contributed by atoms with Gasteiger partial charge in [0.05, 0.1) is 42.6 Å². The van der Waals surface area contributed by atoms with E-state index < -0.39 is 6.17 Å². The fraction of sp³-hybridized carbons (Fsp3) is 0.294. The zero-order valence-corrected chi connectivity index (χ0v) is 13.8. The summed E-state index contributed by atoms with van der Waals surface area (Å²) >= 11 is 0. The highest BCUT2D eigenvalue weighted by molar-refractivity contribution is 5.99. The van der Waals surface area contributed by atoms with E-state index in [1.54, 1.807) is 24.4 Å². The molecule has 9 heteroatoms. The average molecular weight is 356 g/mol. The number of furan rings is 1. The van der Waals surface area contributed by atoms with E-state index in [1.165, 1.54) is 18.7 Å². The van der Waals surface area contributed by atoms with Gasteiger partial charge in [-0.1, -0.05) is 0 Å². The van der Waals surface area contributed by atoms with Crippen LogP contribution in [0.15, 0.2) is 47.5 Å². The van der Waals surface area contributed by atoms with Gasteiger partial charge in [-0.25, -0.2) is 4.39 Å². The van der Waals surface area contributed by atoms with Crippen molar-refractivity contribution >= 4 is 11.7 Å². The number of aromatic nitrogens is 4. The minimum absolute atomic E-state index is 0.185. The van der Waals surface area contributed by atoms with Crippen LogP contribution in [0.4, 0.5) is 10.2 Å². The van der Waals surface area contributed by atoms with Crippen LogP contribution in [-0.2, 0) is 0 Å². The number of anilines is 1. The number of hydrogen-bond donors (Lipinski definition) is 2. The van der Waals surface area contributed by atoms with Gasteiger partial charge in [0, 0.05) is 24.7 Å².